The standard InChI is InChI=1S/C14H13N3O/c1-10-2-4-11(5-3-10)12-6-7-13-15-16-14(9-18)17(13)8-12/h2-8,18H,9H2,1H3. The molecule has 0 saturated heterocycles. The first-order chi connectivity index (χ1) is 8.78. The number of benzene rings is 1. The fourth-order valence-corrected chi connectivity index (χ4v) is 1.96. The number of aliphatic hydroxyl groups excluding tert-OH is 1. The number of rotatable bonds is 2. The molecule has 18 heavy (non-hydrogen) atoms. The first-order valence-electron chi connectivity index (χ1n) is 5.79. The van der Waals surface area contributed by atoms with Crippen LogP contribution in [-0.2, 0) is 6.61 Å². The number of fused-ring (bicyclic) bond motifs is 1. The molecule has 2 heterocycles. The van der Waals surface area contributed by atoms with Crippen molar-refractivity contribution in [1.29, 1.82) is 0 Å². The van der Waals surface area contributed by atoms with Crippen LogP contribution in [0.3, 0.4) is 0 Å². The molecule has 2 aromatic heterocycles. The van der Waals surface area contributed by atoms with Crippen LogP contribution >= 0.6 is 0 Å². The number of aryl methyl sites for hydroxylation is 1. The maximum Gasteiger partial charge on any atom is 0.163 e. The Balaban J connectivity index is 2.14. The molecule has 90 valence electrons. The van der Waals surface area contributed by atoms with Crippen molar-refractivity contribution >= 4 is 5.65 Å². The molecule has 0 amide bonds. The quantitative estimate of drug-likeness (QED) is 0.745. The second-order valence-corrected chi connectivity index (χ2v) is 4.29. The lowest BCUT2D eigenvalue weighted by Gasteiger charge is -2.04. The van der Waals surface area contributed by atoms with E-state index in [4.69, 9.17) is 0 Å². The lowest BCUT2D eigenvalue weighted by Crippen LogP contribution is -1.94. The summed E-state index contributed by atoms with van der Waals surface area (Å²) in [7, 11) is 0. The van der Waals surface area contributed by atoms with E-state index in [9.17, 15) is 5.11 Å². The Hall–Kier alpha value is -2.20. The van der Waals surface area contributed by atoms with E-state index < -0.39 is 0 Å². The lowest BCUT2D eigenvalue weighted by atomic mass is 10.1. The molecule has 3 rings (SSSR count). The van der Waals surface area contributed by atoms with Gasteiger partial charge in [-0.25, -0.2) is 0 Å². The topological polar surface area (TPSA) is 50.4 Å². The van der Waals surface area contributed by atoms with Gasteiger partial charge in [-0.2, -0.15) is 0 Å². The number of nitrogens with zero attached hydrogens (tertiary/aromatic N) is 3. The van der Waals surface area contributed by atoms with Gasteiger partial charge in [0.05, 0.1) is 0 Å². The van der Waals surface area contributed by atoms with Gasteiger partial charge in [-0.15, -0.1) is 10.2 Å². The monoisotopic (exact) mass is 239 g/mol. The Morgan fingerprint density at radius 2 is 1.72 bits per heavy atom. The maximum absolute atomic E-state index is 9.20. The Labute approximate surface area is 105 Å². The zero-order valence-corrected chi connectivity index (χ0v) is 10.0. The fraction of sp³-hybridized carbons (Fsp3) is 0.143. The van der Waals surface area contributed by atoms with Crippen LogP contribution in [0, 0.1) is 6.92 Å². The fourth-order valence-electron chi connectivity index (χ4n) is 1.96. The molecule has 0 radical (unpaired) electrons. The molecule has 0 bridgehead atoms. The highest BCUT2D eigenvalue weighted by Gasteiger charge is 2.05. The third-order valence-electron chi connectivity index (χ3n) is 3.00. The van der Waals surface area contributed by atoms with Gasteiger partial charge in [-0.1, -0.05) is 29.8 Å². The van der Waals surface area contributed by atoms with Gasteiger partial charge in [0, 0.05) is 6.20 Å². The summed E-state index contributed by atoms with van der Waals surface area (Å²) < 4.78 is 1.81. The zero-order chi connectivity index (χ0) is 12.5. The predicted octanol–water partition coefficient (Wildman–Crippen LogP) is 2.20. The smallest absolute Gasteiger partial charge is 0.163 e. The molecular formula is C14H13N3O. The zero-order valence-electron chi connectivity index (χ0n) is 10.0. The Morgan fingerprint density at radius 3 is 2.44 bits per heavy atom. The van der Waals surface area contributed by atoms with Crippen molar-refractivity contribution in [3.63, 3.8) is 0 Å². The van der Waals surface area contributed by atoms with Crippen molar-refractivity contribution in [3.8, 4) is 11.1 Å². The summed E-state index contributed by atoms with van der Waals surface area (Å²) in [5.74, 6) is 0.555. The highest BCUT2D eigenvalue weighted by molar-refractivity contribution is 5.64. The minimum Gasteiger partial charge on any atom is -0.388 e. The molecule has 0 saturated carbocycles. The molecule has 1 N–H and O–H groups in total. The minimum absolute atomic E-state index is 0.113. The molecule has 0 spiro atoms. The van der Waals surface area contributed by atoms with Crippen molar-refractivity contribution < 1.29 is 5.11 Å². The van der Waals surface area contributed by atoms with Gasteiger partial charge in [0.25, 0.3) is 0 Å². The third-order valence-corrected chi connectivity index (χ3v) is 3.00. The van der Waals surface area contributed by atoms with Crippen LogP contribution in [0.5, 0.6) is 0 Å². The van der Waals surface area contributed by atoms with E-state index in [0.29, 0.717) is 5.82 Å². The van der Waals surface area contributed by atoms with E-state index in [-0.39, 0.29) is 6.61 Å². The van der Waals surface area contributed by atoms with E-state index >= 15 is 0 Å². The van der Waals surface area contributed by atoms with Gasteiger partial charge in [0.2, 0.25) is 0 Å². The molecule has 0 fully saturated rings. The molecule has 0 aliphatic rings. The number of hydrogen-bond acceptors (Lipinski definition) is 3. The van der Waals surface area contributed by atoms with Gasteiger partial charge in [0.1, 0.15) is 6.61 Å². The summed E-state index contributed by atoms with van der Waals surface area (Å²) in [5, 5.41) is 17.1. The molecule has 3 aromatic rings. The first kappa shape index (κ1) is 10.9. The molecule has 0 aliphatic carbocycles. The van der Waals surface area contributed by atoms with Crippen LogP contribution in [0.15, 0.2) is 42.6 Å². The Bertz CT molecular complexity index is 686. The second-order valence-electron chi connectivity index (χ2n) is 4.29. The minimum atomic E-state index is -0.113. The molecule has 0 aliphatic heterocycles. The SMILES string of the molecule is Cc1ccc(-c2ccc3nnc(CO)n3c2)cc1. The first-order valence-corrected chi connectivity index (χ1v) is 5.79. The lowest BCUT2D eigenvalue weighted by molar-refractivity contribution is 0.270. The van der Waals surface area contributed by atoms with Crippen molar-refractivity contribution in [3.05, 3.63) is 54.0 Å². The van der Waals surface area contributed by atoms with Crippen LogP contribution in [-0.4, -0.2) is 19.7 Å². The van der Waals surface area contributed by atoms with E-state index in [0.717, 1.165) is 16.8 Å². The largest absolute Gasteiger partial charge is 0.388 e. The van der Waals surface area contributed by atoms with Crippen molar-refractivity contribution in [2.45, 2.75) is 13.5 Å². The van der Waals surface area contributed by atoms with Gasteiger partial charge in [-0.05, 0) is 30.2 Å². The highest BCUT2D eigenvalue weighted by atomic mass is 16.3. The van der Waals surface area contributed by atoms with Crippen molar-refractivity contribution in [2.75, 3.05) is 0 Å². The Morgan fingerprint density at radius 1 is 1.00 bits per heavy atom. The van der Waals surface area contributed by atoms with Gasteiger partial charge >= 0.3 is 0 Å². The van der Waals surface area contributed by atoms with Crippen molar-refractivity contribution in [1.82, 2.24) is 14.6 Å². The molecule has 4 nitrogen and oxygen atoms in total. The number of hydrogen-bond donors (Lipinski definition) is 1. The van der Waals surface area contributed by atoms with Gasteiger partial charge in [0.15, 0.2) is 11.5 Å². The predicted molar refractivity (Wildman–Crippen MR) is 69.1 cm³/mol. The highest BCUT2D eigenvalue weighted by Crippen LogP contribution is 2.20. The van der Waals surface area contributed by atoms with Crippen LogP contribution in [0.4, 0.5) is 0 Å². The van der Waals surface area contributed by atoms with E-state index in [2.05, 4.69) is 41.4 Å². The van der Waals surface area contributed by atoms with Crippen molar-refractivity contribution in [2.24, 2.45) is 0 Å². The molecule has 1 aromatic carbocycles. The average molecular weight is 239 g/mol. The van der Waals surface area contributed by atoms with Gasteiger partial charge in [-0.3, -0.25) is 4.40 Å². The number of pyridine rings is 1. The summed E-state index contributed by atoms with van der Waals surface area (Å²) in [6, 6.07) is 12.2. The van der Waals surface area contributed by atoms with Gasteiger partial charge < -0.3 is 5.11 Å². The van der Waals surface area contributed by atoms with E-state index in [1.807, 2.05) is 22.7 Å². The van der Waals surface area contributed by atoms with Crippen LogP contribution in [0.25, 0.3) is 16.8 Å². The molecule has 0 unspecified atom stereocenters. The summed E-state index contributed by atoms with van der Waals surface area (Å²) in [6.45, 7) is 1.95. The van der Waals surface area contributed by atoms with Crippen LogP contribution in [0.1, 0.15) is 11.4 Å². The summed E-state index contributed by atoms with van der Waals surface area (Å²) >= 11 is 0. The normalized spacial score (nSPS) is 11.0. The van der Waals surface area contributed by atoms with E-state index in [1.54, 1.807) is 0 Å². The second kappa shape index (κ2) is 4.23. The Kier molecular flexibility index (Phi) is 2.57. The number of aromatic nitrogens is 3. The third kappa shape index (κ3) is 1.76. The maximum atomic E-state index is 9.20. The molecule has 0 atom stereocenters. The molecular weight excluding hydrogens is 226 g/mol. The average Bonchev–Trinajstić information content (AvgIpc) is 2.81. The van der Waals surface area contributed by atoms with E-state index in [1.165, 1.54) is 5.56 Å². The summed E-state index contributed by atoms with van der Waals surface area (Å²) in [6.07, 6.45) is 1.95. The summed E-state index contributed by atoms with van der Waals surface area (Å²) in [5.41, 5.74) is 4.20. The van der Waals surface area contributed by atoms with Crippen LogP contribution in [0.2, 0.25) is 0 Å². The molecule has 4 heteroatoms. The van der Waals surface area contributed by atoms with Crippen LogP contribution < -0.4 is 0 Å². The summed E-state index contributed by atoms with van der Waals surface area (Å²) in [4.78, 5) is 0. The number of aliphatic hydroxyl groups is 1.